The molecule has 1 aromatic rings. The Bertz CT molecular complexity index is 279. The third-order valence-corrected chi connectivity index (χ3v) is 2.77. The predicted molar refractivity (Wildman–Crippen MR) is 53.7 cm³/mol. The smallest absolute Gasteiger partial charge is 0.137 e. The van der Waals surface area contributed by atoms with E-state index >= 15 is 0 Å². The van der Waals surface area contributed by atoms with Crippen LogP contribution in [0, 0.1) is 5.92 Å². The molecule has 2 heterocycles. The van der Waals surface area contributed by atoms with Crippen molar-refractivity contribution in [2.24, 2.45) is 11.7 Å². The van der Waals surface area contributed by atoms with Crippen molar-refractivity contribution >= 4 is 0 Å². The van der Waals surface area contributed by atoms with Gasteiger partial charge in [-0.2, -0.15) is 0 Å². The van der Waals surface area contributed by atoms with Crippen LogP contribution in [0.4, 0.5) is 0 Å². The molecule has 0 unspecified atom stereocenters. The van der Waals surface area contributed by atoms with Gasteiger partial charge in [0.15, 0.2) is 0 Å². The van der Waals surface area contributed by atoms with Crippen LogP contribution < -0.4 is 11.1 Å². The number of hydrogen-bond donors (Lipinski definition) is 2. The summed E-state index contributed by atoms with van der Waals surface area (Å²) in [7, 11) is 0. The number of nitrogens with zero attached hydrogens (tertiary/aromatic N) is 1. The highest BCUT2D eigenvalue weighted by Crippen LogP contribution is 2.18. The lowest BCUT2D eigenvalue weighted by molar-refractivity contribution is 0.317. The summed E-state index contributed by atoms with van der Waals surface area (Å²) < 4.78 is 5.21. The fourth-order valence-corrected chi connectivity index (χ4v) is 1.92. The first-order valence-corrected chi connectivity index (χ1v) is 5.23. The molecule has 1 aliphatic heterocycles. The number of rotatable bonds is 3. The van der Waals surface area contributed by atoms with Crippen molar-refractivity contribution in [2.45, 2.75) is 25.8 Å². The van der Waals surface area contributed by atoms with Crippen molar-refractivity contribution < 1.29 is 4.52 Å². The molecule has 0 amide bonds. The molecule has 1 aliphatic rings. The Balaban J connectivity index is 1.89. The van der Waals surface area contributed by atoms with Gasteiger partial charge in [0.2, 0.25) is 0 Å². The van der Waals surface area contributed by atoms with Crippen LogP contribution >= 0.6 is 0 Å². The quantitative estimate of drug-likeness (QED) is 0.744. The molecule has 14 heavy (non-hydrogen) atoms. The molecule has 0 atom stereocenters. The van der Waals surface area contributed by atoms with Gasteiger partial charge in [-0.25, -0.2) is 0 Å². The van der Waals surface area contributed by atoms with Crippen LogP contribution in [0.15, 0.2) is 10.6 Å². The molecule has 3 N–H and O–H groups in total. The van der Waals surface area contributed by atoms with Crippen molar-refractivity contribution in [1.29, 1.82) is 0 Å². The van der Waals surface area contributed by atoms with Crippen molar-refractivity contribution in [2.75, 3.05) is 13.1 Å². The van der Waals surface area contributed by atoms with Gasteiger partial charge in [0.05, 0.1) is 5.69 Å². The molecule has 1 fully saturated rings. The van der Waals surface area contributed by atoms with E-state index in [0.29, 0.717) is 6.54 Å². The molecule has 0 spiro atoms. The highest BCUT2D eigenvalue weighted by atomic mass is 16.5. The van der Waals surface area contributed by atoms with E-state index < -0.39 is 0 Å². The van der Waals surface area contributed by atoms with E-state index in [4.69, 9.17) is 10.3 Å². The fourth-order valence-electron chi connectivity index (χ4n) is 1.92. The van der Waals surface area contributed by atoms with Gasteiger partial charge in [-0.15, -0.1) is 0 Å². The van der Waals surface area contributed by atoms with E-state index in [1.165, 1.54) is 12.8 Å². The molecule has 1 aromatic heterocycles. The third-order valence-electron chi connectivity index (χ3n) is 2.77. The number of nitrogens with two attached hydrogens (primary N) is 1. The van der Waals surface area contributed by atoms with Crippen LogP contribution in [0.3, 0.4) is 0 Å². The second-order valence-corrected chi connectivity index (χ2v) is 3.89. The van der Waals surface area contributed by atoms with E-state index in [9.17, 15) is 0 Å². The summed E-state index contributed by atoms with van der Waals surface area (Å²) in [6.45, 7) is 2.72. The predicted octanol–water partition coefficient (Wildman–Crippen LogP) is 0.675. The summed E-state index contributed by atoms with van der Waals surface area (Å²) in [4.78, 5) is 0. The minimum atomic E-state index is 0.468. The largest absolute Gasteiger partial charge is 0.361 e. The molecule has 0 radical (unpaired) electrons. The number of hydrogen-bond acceptors (Lipinski definition) is 4. The van der Waals surface area contributed by atoms with Gasteiger partial charge < -0.3 is 15.6 Å². The highest BCUT2D eigenvalue weighted by Gasteiger charge is 2.15. The molecule has 0 bridgehead atoms. The molecule has 1 saturated heterocycles. The lowest BCUT2D eigenvalue weighted by atomic mass is 9.93. The monoisotopic (exact) mass is 195 g/mol. The first-order chi connectivity index (χ1) is 6.88. The van der Waals surface area contributed by atoms with Crippen LogP contribution in [0.2, 0.25) is 0 Å². The second kappa shape index (κ2) is 4.57. The Hall–Kier alpha value is -0.870. The van der Waals surface area contributed by atoms with Gasteiger partial charge in [0.25, 0.3) is 0 Å². The van der Waals surface area contributed by atoms with Crippen molar-refractivity contribution in [3.8, 4) is 0 Å². The molecule has 4 nitrogen and oxygen atoms in total. The third kappa shape index (κ3) is 2.33. The zero-order valence-corrected chi connectivity index (χ0v) is 8.33. The summed E-state index contributed by atoms with van der Waals surface area (Å²) in [6, 6.07) is 1.97. The van der Waals surface area contributed by atoms with Crippen LogP contribution in [0.5, 0.6) is 0 Å². The lowest BCUT2D eigenvalue weighted by Crippen LogP contribution is -2.28. The summed E-state index contributed by atoms with van der Waals surface area (Å²) in [5, 5.41) is 7.24. The standard InChI is InChI=1S/C10H17N3O/c11-7-9-6-10(14-13-9)5-8-1-3-12-4-2-8/h6,8,12H,1-5,7,11H2. The first kappa shape index (κ1) is 9.68. The van der Waals surface area contributed by atoms with E-state index in [2.05, 4.69) is 10.5 Å². The minimum Gasteiger partial charge on any atom is -0.361 e. The highest BCUT2D eigenvalue weighted by molar-refractivity contribution is 5.05. The molecule has 0 aliphatic carbocycles. The number of aromatic nitrogens is 1. The van der Waals surface area contributed by atoms with Gasteiger partial charge in [0.1, 0.15) is 5.76 Å². The van der Waals surface area contributed by atoms with Crippen LogP contribution in [0.1, 0.15) is 24.3 Å². The molecule has 2 rings (SSSR count). The average Bonchev–Trinajstić information content (AvgIpc) is 2.67. The SMILES string of the molecule is NCc1cc(CC2CCNCC2)on1. The second-order valence-electron chi connectivity index (χ2n) is 3.89. The average molecular weight is 195 g/mol. The van der Waals surface area contributed by atoms with E-state index in [1.807, 2.05) is 6.07 Å². The molecule has 4 heteroatoms. The summed E-state index contributed by atoms with van der Waals surface area (Å²) in [6.07, 6.45) is 3.48. The van der Waals surface area contributed by atoms with E-state index in [0.717, 1.165) is 36.9 Å². The molecular weight excluding hydrogens is 178 g/mol. The maximum atomic E-state index is 5.46. The van der Waals surface area contributed by atoms with Crippen LogP contribution in [-0.4, -0.2) is 18.2 Å². The fraction of sp³-hybridized carbons (Fsp3) is 0.700. The van der Waals surface area contributed by atoms with Crippen LogP contribution in [-0.2, 0) is 13.0 Å². The van der Waals surface area contributed by atoms with E-state index in [1.54, 1.807) is 0 Å². The number of piperidine rings is 1. The van der Waals surface area contributed by atoms with Gasteiger partial charge in [-0.05, 0) is 31.8 Å². The summed E-state index contributed by atoms with van der Waals surface area (Å²) >= 11 is 0. The van der Waals surface area contributed by atoms with Crippen molar-refractivity contribution in [1.82, 2.24) is 10.5 Å². The molecule has 0 aromatic carbocycles. The van der Waals surface area contributed by atoms with Gasteiger partial charge in [-0.3, -0.25) is 0 Å². The Labute approximate surface area is 83.8 Å². The Kier molecular flexibility index (Phi) is 3.16. The Morgan fingerprint density at radius 3 is 2.93 bits per heavy atom. The summed E-state index contributed by atoms with van der Waals surface area (Å²) in [5.41, 5.74) is 6.32. The first-order valence-electron chi connectivity index (χ1n) is 5.23. The topological polar surface area (TPSA) is 64.1 Å². The molecule has 78 valence electrons. The molecular formula is C10H17N3O. The van der Waals surface area contributed by atoms with Crippen molar-refractivity contribution in [3.63, 3.8) is 0 Å². The van der Waals surface area contributed by atoms with Crippen molar-refractivity contribution in [3.05, 3.63) is 17.5 Å². The molecule has 0 saturated carbocycles. The zero-order chi connectivity index (χ0) is 9.80. The lowest BCUT2D eigenvalue weighted by Gasteiger charge is -2.21. The Morgan fingerprint density at radius 1 is 1.50 bits per heavy atom. The normalized spacial score (nSPS) is 18.6. The summed E-state index contributed by atoms with van der Waals surface area (Å²) in [5.74, 6) is 1.73. The number of nitrogens with one attached hydrogen (secondary N) is 1. The minimum absolute atomic E-state index is 0.468. The maximum Gasteiger partial charge on any atom is 0.137 e. The van der Waals surface area contributed by atoms with Gasteiger partial charge in [-0.1, -0.05) is 5.16 Å². The maximum absolute atomic E-state index is 5.46. The van der Waals surface area contributed by atoms with Gasteiger partial charge in [0, 0.05) is 19.0 Å². The van der Waals surface area contributed by atoms with Gasteiger partial charge >= 0.3 is 0 Å². The Morgan fingerprint density at radius 2 is 2.29 bits per heavy atom. The van der Waals surface area contributed by atoms with E-state index in [-0.39, 0.29) is 0 Å². The zero-order valence-electron chi connectivity index (χ0n) is 8.33. The van der Waals surface area contributed by atoms with Crippen LogP contribution in [0.25, 0.3) is 0 Å².